The quantitative estimate of drug-likeness (QED) is 0.847. The Kier molecular flexibility index (Phi) is 5.64. The van der Waals surface area contributed by atoms with Crippen LogP contribution in [0.4, 0.5) is 18.0 Å². The zero-order chi connectivity index (χ0) is 15.3. The maximum atomic E-state index is 12.4. The first-order chi connectivity index (χ1) is 9.24. The minimum absolute atomic E-state index is 0.110. The summed E-state index contributed by atoms with van der Waals surface area (Å²) in [6.45, 7) is -0.582. The molecule has 0 aliphatic heterocycles. The highest BCUT2D eigenvalue weighted by atomic mass is 19.4. The van der Waals surface area contributed by atoms with E-state index in [4.69, 9.17) is 5.11 Å². The molecule has 0 unspecified atom stereocenters. The average molecular weight is 296 g/mol. The highest BCUT2D eigenvalue weighted by Crippen LogP contribution is 2.25. The van der Waals surface area contributed by atoms with Crippen LogP contribution in [0.1, 0.15) is 32.6 Å². The van der Waals surface area contributed by atoms with Crippen LogP contribution in [0.3, 0.4) is 0 Å². The lowest BCUT2D eigenvalue weighted by Gasteiger charge is -2.33. The van der Waals surface area contributed by atoms with Gasteiger partial charge >= 0.3 is 18.2 Å². The molecule has 8 heteroatoms. The average Bonchev–Trinajstić information content (AvgIpc) is 2.84. The number of hydrogen-bond acceptors (Lipinski definition) is 2. The van der Waals surface area contributed by atoms with Gasteiger partial charge in [0.1, 0.15) is 13.1 Å². The molecule has 116 valence electrons. The molecule has 2 amide bonds. The van der Waals surface area contributed by atoms with Crippen molar-refractivity contribution in [1.29, 1.82) is 0 Å². The summed E-state index contributed by atoms with van der Waals surface area (Å²) in [7, 11) is 0. The van der Waals surface area contributed by atoms with Crippen LogP contribution >= 0.6 is 0 Å². The fraction of sp³-hybridized carbons (Fsp3) is 0.833. The molecule has 1 aliphatic carbocycles. The number of carbonyl (C=O) groups excluding carboxylic acids is 1. The zero-order valence-corrected chi connectivity index (χ0v) is 11.3. The van der Waals surface area contributed by atoms with Gasteiger partial charge in [-0.15, -0.1) is 0 Å². The van der Waals surface area contributed by atoms with Gasteiger partial charge in [0.25, 0.3) is 0 Å². The molecule has 1 aliphatic rings. The van der Waals surface area contributed by atoms with E-state index in [0.717, 1.165) is 17.7 Å². The summed E-state index contributed by atoms with van der Waals surface area (Å²) in [5.41, 5.74) is 0. The maximum Gasteiger partial charge on any atom is 0.406 e. The lowest BCUT2D eigenvalue weighted by molar-refractivity contribution is -0.142. The van der Waals surface area contributed by atoms with Gasteiger partial charge in [0, 0.05) is 12.6 Å². The number of alkyl halides is 3. The van der Waals surface area contributed by atoms with Crippen LogP contribution in [0.25, 0.3) is 0 Å². The molecular formula is C12H19F3N2O3. The predicted molar refractivity (Wildman–Crippen MR) is 65.3 cm³/mol. The van der Waals surface area contributed by atoms with Crippen LogP contribution in [0.15, 0.2) is 0 Å². The van der Waals surface area contributed by atoms with Crippen LogP contribution < -0.4 is 0 Å². The van der Waals surface area contributed by atoms with Crippen molar-refractivity contribution < 1.29 is 27.9 Å². The van der Waals surface area contributed by atoms with E-state index >= 15 is 0 Å². The predicted octanol–water partition coefficient (Wildman–Crippen LogP) is 2.32. The highest BCUT2D eigenvalue weighted by molar-refractivity contribution is 5.80. The Morgan fingerprint density at radius 3 is 2.20 bits per heavy atom. The van der Waals surface area contributed by atoms with Gasteiger partial charge in [-0.3, -0.25) is 4.79 Å². The third kappa shape index (κ3) is 4.90. The molecule has 20 heavy (non-hydrogen) atoms. The number of carboxylic acid groups (broad SMARTS) is 1. The summed E-state index contributed by atoms with van der Waals surface area (Å²) in [5, 5.41) is 8.85. The maximum absolute atomic E-state index is 12.4. The smallest absolute Gasteiger partial charge is 0.406 e. The van der Waals surface area contributed by atoms with Gasteiger partial charge in [0.05, 0.1) is 0 Å². The van der Waals surface area contributed by atoms with Crippen LogP contribution in [0, 0.1) is 0 Å². The Morgan fingerprint density at radius 2 is 1.80 bits per heavy atom. The Hall–Kier alpha value is -1.47. The molecule has 1 rings (SSSR count). The molecule has 0 aromatic rings. The topological polar surface area (TPSA) is 60.9 Å². The lowest BCUT2D eigenvalue weighted by atomic mass is 10.2. The molecule has 0 spiro atoms. The van der Waals surface area contributed by atoms with Gasteiger partial charge in [0.15, 0.2) is 0 Å². The molecular weight excluding hydrogens is 277 g/mol. The van der Waals surface area contributed by atoms with E-state index in [-0.39, 0.29) is 12.6 Å². The first-order valence-corrected chi connectivity index (χ1v) is 6.58. The molecule has 0 atom stereocenters. The summed E-state index contributed by atoms with van der Waals surface area (Å²) in [6, 6.07) is -1.12. The van der Waals surface area contributed by atoms with Crippen molar-refractivity contribution in [1.82, 2.24) is 9.80 Å². The highest BCUT2D eigenvalue weighted by Gasteiger charge is 2.36. The monoisotopic (exact) mass is 296 g/mol. The number of carbonyl (C=O) groups is 2. The first kappa shape index (κ1) is 16.6. The standard InChI is InChI=1S/C12H19F3N2O3/c1-2-16(8-12(13,14)15)11(20)17(7-10(18)19)9-5-3-4-6-9/h9H,2-8H2,1H3,(H,18,19). The van der Waals surface area contributed by atoms with Gasteiger partial charge in [-0.1, -0.05) is 12.8 Å². The van der Waals surface area contributed by atoms with E-state index in [2.05, 4.69) is 0 Å². The Balaban J connectivity index is 2.81. The second-order valence-electron chi connectivity index (χ2n) is 4.87. The van der Waals surface area contributed by atoms with Crippen molar-refractivity contribution in [2.45, 2.75) is 44.8 Å². The van der Waals surface area contributed by atoms with Crippen molar-refractivity contribution in [2.75, 3.05) is 19.6 Å². The number of aliphatic carboxylic acids is 1. The Bertz CT molecular complexity index is 354. The number of nitrogens with zero attached hydrogens (tertiary/aromatic N) is 2. The van der Waals surface area contributed by atoms with Crippen LogP contribution in [0.2, 0.25) is 0 Å². The number of urea groups is 1. The molecule has 0 radical (unpaired) electrons. The van der Waals surface area contributed by atoms with E-state index < -0.39 is 31.3 Å². The second kappa shape index (κ2) is 6.81. The molecule has 0 bridgehead atoms. The summed E-state index contributed by atoms with van der Waals surface area (Å²) in [5.74, 6) is -1.21. The molecule has 0 aromatic carbocycles. The fourth-order valence-electron chi connectivity index (χ4n) is 2.43. The molecule has 1 saturated carbocycles. The van der Waals surface area contributed by atoms with Crippen molar-refractivity contribution in [3.05, 3.63) is 0 Å². The third-order valence-corrected chi connectivity index (χ3v) is 3.34. The van der Waals surface area contributed by atoms with Crippen LogP contribution in [-0.4, -0.2) is 58.8 Å². The van der Waals surface area contributed by atoms with Crippen molar-refractivity contribution in [3.8, 4) is 0 Å². The van der Waals surface area contributed by atoms with Gasteiger partial charge in [0.2, 0.25) is 0 Å². The molecule has 1 fully saturated rings. The summed E-state index contributed by atoms with van der Waals surface area (Å²) in [4.78, 5) is 24.7. The van der Waals surface area contributed by atoms with E-state index in [0.29, 0.717) is 17.7 Å². The van der Waals surface area contributed by atoms with E-state index in [1.165, 1.54) is 6.92 Å². The molecule has 5 nitrogen and oxygen atoms in total. The summed E-state index contributed by atoms with van der Waals surface area (Å²) < 4.78 is 37.3. The number of amides is 2. The number of hydrogen-bond donors (Lipinski definition) is 1. The Labute approximate surface area is 115 Å². The van der Waals surface area contributed by atoms with Crippen molar-refractivity contribution in [2.24, 2.45) is 0 Å². The molecule has 0 heterocycles. The van der Waals surface area contributed by atoms with Gasteiger partial charge in [-0.2, -0.15) is 13.2 Å². The number of rotatable bonds is 5. The van der Waals surface area contributed by atoms with Gasteiger partial charge < -0.3 is 14.9 Å². The third-order valence-electron chi connectivity index (χ3n) is 3.34. The van der Waals surface area contributed by atoms with Crippen LogP contribution in [0.5, 0.6) is 0 Å². The van der Waals surface area contributed by atoms with Crippen molar-refractivity contribution in [3.63, 3.8) is 0 Å². The molecule has 1 N–H and O–H groups in total. The largest absolute Gasteiger partial charge is 0.480 e. The Morgan fingerprint density at radius 1 is 1.25 bits per heavy atom. The lowest BCUT2D eigenvalue weighted by Crippen LogP contribution is -2.51. The summed E-state index contributed by atoms with van der Waals surface area (Å²) >= 11 is 0. The molecule has 0 saturated heterocycles. The van der Waals surface area contributed by atoms with E-state index in [9.17, 15) is 22.8 Å². The minimum Gasteiger partial charge on any atom is -0.480 e. The SMILES string of the molecule is CCN(CC(F)(F)F)C(=O)N(CC(=O)O)C1CCCC1. The minimum atomic E-state index is -4.49. The normalized spacial score (nSPS) is 16.2. The van der Waals surface area contributed by atoms with E-state index in [1.54, 1.807) is 0 Å². The fourth-order valence-corrected chi connectivity index (χ4v) is 2.43. The zero-order valence-electron chi connectivity index (χ0n) is 11.3. The first-order valence-electron chi connectivity index (χ1n) is 6.58. The summed E-state index contributed by atoms with van der Waals surface area (Å²) in [6.07, 6.45) is -1.49. The molecule has 0 aromatic heterocycles. The second-order valence-corrected chi connectivity index (χ2v) is 4.87. The van der Waals surface area contributed by atoms with Gasteiger partial charge in [-0.05, 0) is 19.8 Å². The number of carboxylic acids is 1. The van der Waals surface area contributed by atoms with E-state index in [1.807, 2.05) is 0 Å². The van der Waals surface area contributed by atoms with Crippen LogP contribution in [-0.2, 0) is 4.79 Å². The van der Waals surface area contributed by atoms with Gasteiger partial charge in [-0.25, -0.2) is 4.79 Å². The van der Waals surface area contributed by atoms with Crippen molar-refractivity contribution >= 4 is 12.0 Å². The number of halogens is 3.